The number of hydrogen-bond acceptors (Lipinski definition) is 5. The number of aryl methyl sites for hydroxylation is 2. The number of nitrogens with zero attached hydrogens (tertiary/aromatic N) is 3. The van der Waals surface area contributed by atoms with E-state index in [0.717, 1.165) is 35.3 Å². The molecule has 0 saturated heterocycles. The summed E-state index contributed by atoms with van der Waals surface area (Å²) in [6, 6.07) is 8.51. The molecule has 0 bridgehead atoms. The number of primary amides is 1. The van der Waals surface area contributed by atoms with Crippen LogP contribution in [0.3, 0.4) is 0 Å². The number of carbonyl (C=O) groups excluding carboxylic acids is 1. The van der Waals surface area contributed by atoms with Crippen LogP contribution in [0.25, 0.3) is 0 Å². The zero-order valence-electron chi connectivity index (χ0n) is 13.8. The highest BCUT2D eigenvalue weighted by atomic mass is 32.2. The number of rotatable bonds is 9. The van der Waals surface area contributed by atoms with Crippen LogP contribution >= 0.6 is 11.8 Å². The van der Waals surface area contributed by atoms with Crippen molar-refractivity contribution in [3.8, 4) is 5.75 Å². The molecule has 1 aromatic carbocycles. The topological polar surface area (TPSA) is 83.0 Å². The molecule has 6 nitrogen and oxygen atoms in total. The lowest BCUT2D eigenvalue weighted by Gasteiger charge is -2.09. The van der Waals surface area contributed by atoms with Crippen molar-refractivity contribution < 1.29 is 9.53 Å². The number of aromatic nitrogens is 3. The molecule has 7 heteroatoms. The number of thioether (sulfide) groups is 1. The van der Waals surface area contributed by atoms with Gasteiger partial charge < -0.3 is 15.0 Å². The van der Waals surface area contributed by atoms with Gasteiger partial charge in [-0.1, -0.05) is 23.9 Å². The predicted molar refractivity (Wildman–Crippen MR) is 93.2 cm³/mol. The van der Waals surface area contributed by atoms with E-state index in [1.165, 1.54) is 5.56 Å². The first-order valence-electron chi connectivity index (χ1n) is 8.18. The van der Waals surface area contributed by atoms with Crippen molar-refractivity contribution in [3.05, 3.63) is 35.7 Å². The third-order valence-electron chi connectivity index (χ3n) is 3.81. The van der Waals surface area contributed by atoms with Crippen LogP contribution in [0, 0.1) is 6.92 Å². The Kier molecular flexibility index (Phi) is 5.40. The van der Waals surface area contributed by atoms with E-state index in [9.17, 15) is 4.79 Å². The molecule has 1 aromatic heterocycles. The molecule has 0 spiro atoms. The van der Waals surface area contributed by atoms with Gasteiger partial charge in [0.25, 0.3) is 0 Å². The Balaban J connectivity index is 1.54. The van der Waals surface area contributed by atoms with Gasteiger partial charge in [-0.15, -0.1) is 10.2 Å². The summed E-state index contributed by atoms with van der Waals surface area (Å²) in [5, 5.41) is 9.43. The predicted octanol–water partition coefficient (Wildman–Crippen LogP) is 2.51. The minimum atomic E-state index is -0.305. The van der Waals surface area contributed by atoms with Gasteiger partial charge in [-0.2, -0.15) is 0 Å². The molecule has 2 aromatic rings. The van der Waals surface area contributed by atoms with E-state index in [2.05, 4.69) is 14.8 Å². The van der Waals surface area contributed by atoms with Crippen molar-refractivity contribution in [3.63, 3.8) is 0 Å². The Morgan fingerprint density at radius 1 is 1.42 bits per heavy atom. The van der Waals surface area contributed by atoms with Gasteiger partial charge >= 0.3 is 0 Å². The van der Waals surface area contributed by atoms with Gasteiger partial charge in [-0.05, 0) is 37.5 Å². The van der Waals surface area contributed by atoms with Crippen LogP contribution in [0.1, 0.15) is 36.7 Å². The third-order valence-corrected chi connectivity index (χ3v) is 4.72. The van der Waals surface area contributed by atoms with Gasteiger partial charge in [0.15, 0.2) is 5.16 Å². The second-order valence-electron chi connectivity index (χ2n) is 5.98. The van der Waals surface area contributed by atoms with E-state index < -0.39 is 0 Å². The van der Waals surface area contributed by atoms with Gasteiger partial charge in [-0.3, -0.25) is 4.79 Å². The van der Waals surface area contributed by atoms with E-state index in [0.29, 0.717) is 25.5 Å². The average Bonchev–Trinajstić information content (AvgIpc) is 3.30. The third kappa shape index (κ3) is 4.50. The van der Waals surface area contributed by atoms with Gasteiger partial charge in [0.05, 0.1) is 6.61 Å². The normalized spacial score (nSPS) is 13.9. The highest BCUT2D eigenvalue weighted by molar-refractivity contribution is 7.99. The van der Waals surface area contributed by atoms with Crippen LogP contribution in [0.2, 0.25) is 0 Å². The molecular formula is C17H22N4O2S. The van der Waals surface area contributed by atoms with Crippen LogP contribution in [-0.4, -0.2) is 33.0 Å². The monoisotopic (exact) mass is 346 g/mol. The molecule has 2 N–H and O–H groups in total. The molecule has 128 valence electrons. The van der Waals surface area contributed by atoms with E-state index in [4.69, 9.17) is 10.5 Å². The first kappa shape index (κ1) is 16.8. The van der Waals surface area contributed by atoms with E-state index in [1.54, 1.807) is 11.8 Å². The second kappa shape index (κ2) is 7.70. The lowest BCUT2D eigenvalue weighted by atomic mass is 10.2. The Morgan fingerprint density at radius 2 is 2.25 bits per heavy atom. The number of nitrogens with two attached hydrogens (primary N) is 1. The van der Waals surface area contributed by atoms with E-state index >= 15 is 0 Å². The van der Waals surface area contributed by atoms with Gasteiger partial charge in [0.2, 0.25) is 5.91 Å². The number of ether oxygens (including phenoxy) is 1. The smallest absolute Gasteiger partial charge is 0.217 e. The molecule has 1 aliphatic carbocycles. The number of amides is 1. The second-order valence-corrected chi connectivity index (χ2v) is 7.04. The fraction of sp³-hybridized carbons (Fsp3) is 0.471. The summed E-state index contributed by atoms with van der Waals surface area (Å²) >= 11 is 1.64. The molecule has 1 saturated carbocycles. The Hall–Kier alpha value is -2.02. The Bertz CT molecular complexity index is 712. The standard InChI is InChI=1S/C17H22N4O2S/c1-12-3-2-4-14(11-12)23-9-10-24-17-20-19-16(8-7-15(18)22)21(17)13-5-6-13/h2-4,11,13H,5-10H2,1H3,(H2,18,22). The average molecular weight is 346 g/mol. The Morgan fingerprint density at radius 3 is 2.96 bits per heavy atom. The highest BCUT2D eigenvalue weighted by Gasteiger charge is 2.29. The number of hydrogen-bond donors (Lipinski definition) is 1. The molecule has 1 aliphatic rings. The van der Waals surface area contributed by atoms with Crippen LogP contribution < -0.4 is 10.5 Å². The van der Waals surface area contributed by atoms with Crippen molar-refractivity contribution in [2.24, 2.45) is 5.73 Å². The zero-order chi connectivity index (χ0) is 16.9. The van der Waals surface area contributed by atoms with Crippen molar-refractivity contribution in [2.45, 2.75) is 43.8 Å². The maximum Gasteiger partial charge on any atom is 0.217 e. The maximum atomic E-state index is 11.0. The summed E-state index contributed by atoms with van der Waals surface area (Å²) in [5.74, 6) is 2.25. The summed E-state index contributed by atoms with van der Waals surface area (Å²) in [7, 11) is 0. The molecule has 0 radical (unpaired) electrons. The molecule has 1 heterocycles. The summed E-state index contributed by atoms with van der Waals surface area (Å²) in [5.41, 5.74) is 6.42. The van der Waals surface area contributed by atoms with Gasteiger partial charge in [0.1, 0.15) is 11.6 Å². The van der Waals surface area contributed by atoms with Crippen LogP contribution in [0.5, 0.6) is 5.75 Å². The van der Waals surface area contributed by atoms with Gasteiger partial charge in [0, 0.05) is 24.6 Å². The molecule has 1 amide bonds. The minimum absolute atomic E-state index is 0.305. The fourth-order valence-electron chi connectivity index (χ4n) is 2.51. The summed E-state index contributed by atoms with van der Waals surface area (Å²) in [4.78, 5) is 11.0. The molecule has 0 atom stereocenters. The zero-order valence-corrected chi connectivity index (χ0v) is 14.6. The molecule has 1 fully saturated rings. The molecule has 24 heavy (non-hydrogen) atoms. The molecular weight excluding hydrogens is 324 g/mol. The maximum absolute atomic E-state index is 11.0. The van der Waals surface area contributed by atoms with E-state index in [-0.39, 0.29) is 5.91 Å². The van der Waals surface area contributed by atoms with Crippen LogP contribution in [-0.2, 0) is 11.2 Å². The summed E-state index contributed by atoms with van der Waals surface area (Å²) in [6.07, 6.45) is 3.16. The van der Waals surface area contributed by atoms with Crippen molar-refractivity contribution in [1.82, 2.24) is 14.8 Å². The Labute approximate surface area is 145 Å². The summed E-state index contributed by atoms with van der Waals surface area (Å²) < 4.78 is 7.94. The fourth-order valence-corrected chi connectivity index (χ4v) is 3.35. The SMILES string of the molecule is Cc1cccc(OCCSc2nnc(CCC(N)=O)n2C2CC2)c1. The van der Waals surface area contributed by atoms with Crippen LogP contribution in [0.4, 0.5) is 0 Å². The molecule has 0 aliphatic heterocycles. The molecule has 3 rings (SSSR count). The largest absolute Gasteiger partial charge is 0.493 e. The van der Waals surface area contributed by atoms with Crippen LogP contribution in [0.15, 0.2) is 29.4 Å². The number of carbonyl (C=O) groups is 1. The van der Waals surface area contributed by atoms with Crippen molar-refractivity contribution >= 4 is 17.7 Å². The van der Waals surface area contributed by atoms with Gasteiger partial charge in [-0.25, -0.2) is 0 Å². The van der Waals surface area contributed by atoms with Crippen molar-refractivity contribution in [2.75, 3.05) is 12.4 Å². The first-order chi connectivity index (χ1) is 11.6. The number of benzene rings is 1. The van der Waals surface area contributed by atoms with E-state index in [1.807, 2.05) is 31.2 Å². The van der Waals surface area contributed by atoms with Crippen molar-refractivity contribution in [1.29, 1.82) is 0 Å². The lowest BCUT2D eigenvalue weighted by molar-refractivity contribution is -0.118. The first-order valence-corrected chi connectivity index (χ1v) is 9.16. The quantitative estimate of drug-likeness (QED) is 0.557. The lowest BCUT2D eigenvalue weighted by Crippen LogP contribution is -2.13. The minimum Gasteiger partial charge on any atom is -0.493 e. The molecule has 0 unspecified atom stereocenters. The highest BCUT2D eigenvalue weighted by Crippen LogP contribution is 2.38. The summed E-state index contributed by atoms with van der Waals surface area (Å²) in [6.45, 7) is 2.66.